The van der Waals surface area contributed by atoms with Crippen molar-refractivity contribution >= 4 is 0 Å². The molecule has 1 N–H and O–H groups in total. The van der Waals surface area contributed by atoms with Crippen molar-refractivity contribution in [1.82, 2.24) is 25.5 Å². The number of nitrogens with zero attached hydrogens (tertiary/aromatic N) is 4. The van der Waals surface area contributed by atoms with Gasteiger partial charge in [0, 0.05) is 5.54 Å². The average molecular weight is 259 g/mol. The van der Waals surface area contributed by atoms with Gasteiger partial charge in [-0.3, -0.25) is 0 Å². The maximum atomic E-state index is 4.08. The average Bonchev–Trinajstić information content (AvgIpc) is 2.73. The highest BCUT2D eigenvalue weighted by atomic mass is 15.5. The Labute approximate surface area is 114 Å². The van der Waals surface area contributed by atoms with E-state index in [0.29, 0.717) is 13.1 Å². The van der Waals surface area contributed by atoms with Crippen molar-refractivity contribution in [2.75, 3.05) is 0 Å². The van der Waals surface area contributed by atoms with Crippen molar-refractivity contribution in [3.8, 4) is 0 Å². The summed E-state index contributed by atoms with van der Waals surface area (Å²) in [7, 11) is 0. The molecule has 0 unspecified atom stereocenters. The molecule has 1 aromatic carbocycles. The van der Waals surface area contributed by atoms with Gasteiger partial charge in [-0.15, -0.1) is 5.10 Å². The SMILES string of the molecule is Cc1cccc(Cn2nnnc2CNC(C)(C)C)c1. The predicted octanol–water partition coefficient (Wildman–Crippen LogP) is 1.92. The molecule has 0 radical (unpaired) electrons. The normalized spacial score (nSPS) is 11.8. The van der Waals surface area contributed by atoms with Crippen LogP contribution in [-0.4, -0.2) is 25.7 Å². The van der Waals surface area contributed by atoms with Crippen LogP contribution in [0.3, 0.4) is 0 Å². The molecule has 5 nitrogen and oxygen atoms in total. The lowest BCUT2D eigenvalue weighted by molar-refractivity contribution is 0.410. The van der Waals surface area contributed by atoms with Crippen molar-refractivity contribution in [3.05, 3.63) is 41.2 Å². The van der Waals surface area contributed by atoms with Crippen LogP contribution in [0.25, 0.3) is 0 Å². The first-order valence-electron chi connectivity index (χ1n) is 6.50. The summed E-state index contributed by atoms with van der Waals surface area (Å²) >= 11 is 0. The van der Waals surface area contributed by atoms with Crippen molar-refractivity contribution in [2.24, 2.45) is 0 Å². The Morgan fingerprint density at radius 1 is 1.26 bits per heavy atom. The molecule has 0 bridgehead atoms. The summed E-state index contributed by atoms with van der Waals surface area (Å²) in [5.41, 5.74) is 2.52. The summed E-state index contributed by atoms with van der Waals surface area (Å²) in [6.45, 7) is 9.84. The van der Waals surface area contributed by atoms with E-state index in [2.05, 4.69) is 72.8 Å². The van der Waals surface area contributed by atoms with Crippen LogP contribution in [-0.2, 0) is 13.1 Å². The summed E-state index contributed by atoms with van der Waals surface area (Å²) in [6.07, 6.45) is 0. The van der Waals surface area contributed by atoms with E-state index in [1.165, 1.54) is 11.1 Å². The van der Waals surface area contributed by atoms with Crippen molar-refractivity contribution < 1.29 is 0 Å². The van der Waals surface area contributed by atoms with Gasteiger partial charge in [0.2, 0.25) is 0 Å². The van der Waals surface area contributed by atoms with Gasteiger partial charge in [-0.25, -0.2) is 4.68 Å². The quantitative estimate of drug-likeness (QED) is 0.911. The first-order chi connectivity index (χ1) is 8.94. The van der Waals surface area contributed by atoms with Gasteiger partial charge in [0.1, 0.15) is 0 Å². The smallest absolute Gasteiger partial charge is 0.165 e. The summed E-state index contributed by atoms with van der Waals surface area (Å²) < 4.78 is 1.84. The van der Waals surface area contributed by atoms with Crippen LogP contribution in [0, 0.1) is 6.92 Å². The van der Waals surface area contributed by atoms with Gasteiger partial charge in [0.25, 0.3) is 0 Å². The van der Waals surface area contributed by atoms with Crippen LogP contribution in [0.4, 0.5) is 0 Å². The fraction of sp³-hybridized carbons (Fsp3) is 0.500. The summed E-state index contributed by atoms with van der Waals surface area (Å²) in [4.78, 5) is 0. The van der Waals surface area contributed by atoms with E-state index in [9.17, 15) is 0 Å². The Kier molecular flexibility index (Phi) is 3.95. The van der Waals surface area contributed by atoms with Gasteiger partial charge in [-0.1, -0.05) is 29.8 Å². The van der Waals surface area contributed by atoms with Crippen molar-refractivity contribution in [2.45, 2.75) is 46.3 Å². The number of benzene rings is 1. The third kappa shape index (κ3) is 4.13. The van der Waals surface area contributed by atoms with Crippen LogP contribution >= 0.6 is 0 Å². The fourth-order valence-corrected chi connectivity index (χ4v) is 1.80. The molecule has 19 heavy (non-hydrogen) atoms. The lowest BCUT2D eigenvalue weighted by atomic mass is 10.1. The van der Waals surface area contributed by atoms with Gasteiger partial charge in [-0.2, -0.15) is 0 Å². The molecule has 1 heterocycles. The molecule has 2 aromatic rings. The second kappa shape index (κ2) is 5.48. The molecule has 0 saturated heterocycles. The molecular formula is C14H21N5. The maximum absolute atomic E-state index is 4.08. The van der Waals surface area contributed by atoms with Gasteiger partial charge in [-0.05, 0) is 43.7 Å². The van der Waals surface area contributed by atoms with Crippen LogP contribution < -0.4 is 5.32 Å². The summed E-state index contributed by atoms with van der Waals surface area (Å²) in [5.74, 6) is 0.858. The number of nitrogens with one attached hydrogen (secondary N) is 1. The molecule has 0 spiro atoms. The molecule has 0 saturated carbocycles. The molecule has 0 aliphatic carbocycles. The van der Waals surface area contributed by atoms with Gasteiger partial charge in [0.05, 0.1) is 13.1 Å². The highest BCUT2D eigenvalue weighted by Gasteiger charge is 2.12. The first-order valence-corrected chi connectivity index (χ1v) is 6.50. The largest absolute Gasteiger partial charge is 0.305 e. The minimum Gasteiger partial charge on any atom is -0.305 e. The van der Waals surface area contributed by atoms with Crippen molar-refractivity contribution in [3.63, 3.8) is 0 Å². The zero-order chi connectivity index (χ0) is 13.9. The molecule has 0 atom stereocenters. The minimum atomic E-state index is 0.0557. The van der Waals surface area contributed by atoms with E-state index in [0.717, 1.165) is 5.82 Å². The Morgan fingerprint density at radius 3 is 2.74 bits per heavy atom. The molecule has 5 heteroatoms. The molecule has 0 amide bonds. The predicted molar refractivity (Wildman–Crippen MR) is 74.7 cm³/mol. The number of aromatic nitrogens is 4. The standard InChI is InChI=1S/C14H21N5/c1-11-6-5-7-12(8-11)10-19-13(16-17-18-19)9-15-14(2,3)4/h5-8,15H,9-10H2,1-4H3. The van der Waals surface area contributed by atoms with E-state index in [4.69, 9.17) is 0 Å². The molecule has 2 rings (SSSR count). The summed E-state index contributed by atoms with van der Waals surface area (Å²) in [5, 5.41) is 15.3. The molecule has 1 aromatic heterocycles. The highest BCUT2D eigenvalue weighted by Crippen LogP contribution is 2.07. The van der Waals surface area contributed by atoms with Gasteiger partial charge in [0.15, 0.2) is 5.82 Å². The molecule has 102 valence electrons. The lowest BCUT2D eigenvalue weighted by Crippen LogP contribution is -2.36. The van der Waals surface area contributed by atoms with Crippen molar-refractivity contribution in [1.29, 1.82) is 0 Å². The summed E-state index contributed by atoms with van der Waals surface area (Å²) in [6, 6.07) is 8.39. The van der Waals surface area contributed by atoms with E-state index in [1.54, 1.807) is 0 Å². The van der Waals surface area contributed by atoms with E-state index in [1.807, 2.05) is 4.68 Å². The second-order valence-electron chi connectivity index (χ2n) is 5.85. The van der Waals surface area contributed by atoms with Gasteiger partial charge >= 0.3 is 0 Å². The Hall–Kier alpha value is -1.75. The Bertz CT molecular complexity index is 539. The monoisotopic (exact) mass is 259 g/mol. The molecule has 0 aliphatic heterocycles. The highest BCUT2D eigenvalue weighted by molar-refractivity contribution is 5.22. The second-order valence-corrected chi connectivity index (χ2v) is 5.85. The van der Waals surface area contributed by atoms with E-state index < -0.39 is 0 Å². The lowest BCUT2D eigenvalue weighted by Gasteiger charge is -2.19. The number of tetrazole rings is 1. The van der Waals surface area contributed by atoms with E-state index >= 15 is 0 Å². The Balaban J connectivity index is 2.07. The number of rotatable bonds is 4. The number of aryl methyl sites for hydroxylation is 1. The minimum absolute atomic E-state index is 0.0557. The van der Waals surface area contributed by atoms with Crippen LogP contribution in [0.2, 0.25) is 0 Å². The maximum Gasteiger partial charge on any atom is 0.165 e. The van der Waals surface area contributed by atoms with Crippen LogP contribution in [0.1, 0.15) is 37.7 Å². The van der Waals surface area contributed by atoms with Crippen LogP contribution in [0.15, 0.2) is 24.3 Å². The zero-order valence-corrected chi connectivity index (χ0v) is 12.0. The topological polar surface area (TPSA) is 55.6 Å². The third-order valence-electron chi connectivity index (χ3n) is 2.80. The van der Waals surface area contributed by atoms with Gasteiger partial charge < -0.3 is 5.32 Å². The number of hydrogen-bond donors (Lipinski definition) is 1. The third-order valence-corrected chi connectivity index (χ3v) is 2.80. The zero-order valence-electron chi connectivity index (χ0n) is 12.0. The molecular weight excluding hydrogens is 238 g/mol. The molecule has 0 aliphatic rings. The number of hydrogen-bond acceptors (Lipinski definition) is 4. The fourth-order valence-electron chi connectivity index (χ4n) is 1.80. The van der Waals surface area contributed by atoms with E-state index in [-0.39, 0.29) is 5.54 Å². The van der Waals surface area contributed by atoms with Crippen LogP contribution in [0.5, 0.6) is 0 Å². The first kappa shape index (κ1) is 13.7. The Morgan fingerprint density at radius 2 is 2.05 bits per heavy atom. The molecule has 0 fully saturated rings.